The van der Waals surface area contributed by atoms with Crippen LogP contribution >= 0.6 is 11.8 Å². The molecule has 1 heterocycles. The predicted molar refractivity (Wildman–Crippen MR) is 57.7 cm³/mol. The normalized spacial score (nSPS) is 29.1. The van der Waals surface area contributed by atoms with Gasteiger partial charge in [-0.25, -0.2) is 0 Å². The molecule has 12 heavy (non-hydrogen) atoms. The highest BCUT2D eigenvalue weighted by atomic mass is 32.2. The van der Waals surface area contributed by atoms with Crippen molar-refractivity contribution < 1.29 is 0 Å². The van der Waals surface area contributed by atoms with Crippen molar-refractivity contribution in [2.45, 2.75) is 44.0 Å². The first-order valence-corrected chi connectivity index (χ1v) is 5.55. The van der Waals surface area contributed by atoms with E-state index in [-0.39, 0.29) is 0 Å². The minimum Gasteiger partial charge on any atom is -0.309 e. The van der Waals surface area contributed by atoms with Gasteiger partial charge in [0, 0.05) is 22.6 Å². The highest BCUT2D eigenvalue weighted by molar-refractivity contribution is 8.02. The number of hydrogen-bond acceptors (Lipinski definition) is 2. The average Bonchev–Trinajstić information content (AvgIpc) is 1.99. The lowest BCUT2D eigenvalue weighted by Crippen LogP contribution is -2.56. The molecule has 0 aromatic carbocycles. The van der Waals surface area contributed by atoms with Crippen molar-refractivity contribution in [2.24, 2.45) is 0 Å². The second-order valence-electron chi connectivity index (χ2n) is 4.06. The van der Waals surface area contributed by atoms with Crippen LogP contribution < -0.4 is 5.32 Å². The summed E-state index contributed by atoms with van der Waals surface area (Å²) < 4.78 is 0.440. The van der Waals surface area contributed by atoms with Crippen LogP contribution in [0.15, 0.2) is 12.7 Å². The number of rotatable bonds is 4. The molecule has 1 saturated heterocycles. The Morgan fingerprint density at radius 1 is 1.75 bits per heavy atom. The van der Waals surface area contributed by atoms with Gasteiger partial charge < -0.3 is 5.32 Å². The summed E-state index contributed by atoms with van der Waals surface area (Å²) in [4.78, 5) is 0. The van der Waals surface area contributed by atoms with E-state index in [0.717, 1.165) is 6.42 Å². The third kappa shape index (κ3) is 2.27. The summed E-state index contributed by atoms with van der Waals surface area (Å²) in [5, 5.41) is 3.62. The van der Waals surface area contributed by atoms with Gasteiger partial charge in [-0.1, -0.05) is 6.08 Å². The predicted octanol–water partition coefficient (Wildman–Crippen LogP) is 2.43. The summed E-state index contributed by atoms with van der Waals surface area (Å²) in [6, 6.07) is 1.27. The van der Waals surface area contributed by atoms with Crippen molar-refractivity contribution in [1.82, 2.24) is 5.32 Å². The molecule has 1 N–H and O–H groups in total. The first-order chi connectivity index (χ1) is 5.56. The van der Waals surface area contributed by atoms with E-state index in [2.05, 4.69) is 32.7 Å². The highest BCUT2D eigenvalue weighted by Gasteiger charge is 2.39. The van der Waals surface area contributed by atoms with Crippen LogP contribution in [-0.2, 0) is 0 Å². The topological polar surface area (TPSA) is 12.0 Å². The maximum absolute atomic E-state index is 3.74. The van der Waals surface area contributed by atoms with Gasteiger partial charge in [0.1, 0.15) is 0 Å². The number of nitrogens with one attached hydrogen (secondary N) is 1. The Labute approximate surface area is 80.0 Å². The lowest BCUT2D eigenvalue weighted by Gasteiger charge is -2.45. The summed E-state index contributed by atoms with van der Waals surface area (Å²) in [7, 11) is 0. The minimum absolute atomic E-state index is 0.440. The van der Waals surface area contributed by atoms with Crippen molar-refractivity contribution in [3.63, 3.8) is 0 Å². The van der Waals surface area contributed by atoms with E-state index in [1.807, 2.05) is 17.8 Å². The lowest BCUT2D eigenvalue weighted by atomic mass is 10.0. The molecule has 1 nitrogen and oxygen atoms in total. The van der Waals surface area contributed by atoms with E-state index in [1.54, 1.807) is 0 Å². The quantitative estimate of drug-likeness (QED) is 0.675. The molecule has 0 aromatic heterocycles. The molecule has 0 spiro atoms. The van der Waals surface area contributed by atoms with E-state index in [0.29, 0.717) is 16.8 Å². The fourth-order valence-corrected chi connectivity index (χ4v) is 2.57. The van der Waals surface area contributed by atoms with Crippen molar-refractivity contribution in [2.75, 3.05) is 5.75 Å². The molecule has 1 rings (SSSR count). The summed E-state index contributed by atoms with van der Waals surface area (Å²) in [5.74, 6) is 1.26. The molecule has 0 aliphatic carbocycles. The number of hydrogen-bond donors (Lipinski definition) is 1. The molecule has 1 aliphatic rings. The molecule has 0 aromatic rings. The molecule has 70 valence electrons. The van der Waals surface area contributed by atoms with Crippen LogP contribution in [0.5, 0.6) is 0 Å². The fourth-order valence-electron chi connectivity index (χ4n) is 1.41. The summed E-state index contributed by atoms with van der Waals surface area (Å²) in [6.45, 7) is 10.6. The van der Waals surface area contributed by atoms with Gasteiger partial charge in [-0.3, -0.25) is 0 Å². The Balaban J connectivity index is 2.27. The minimum atomic E-state index is 0.440. The zero-order chi connectivity index (χ0) is 9.19. The molecule has 0 radical (unpaired) electrons. The zero-order valence-corrected chi connectivity index (χ0v) is 9.08. The highest BCUT2D eigenvalue weighted by Crippen LogP contribution is 2.40. The lowest BCUT2D eigenvalue weighted by molar-refractivity contribution is 0.392. The van der Waals surface area contributed by atoms with E-state index in [4.69, 9.17) is 0 Å². The summed E-state index contributed by atoms with van der Waals surface area (Å²) >= 11 is 2.04. The first kappa shape index (κ1) is 10.1. The Kier molecular flexibility index (Phi) is 3.24. The summed E-state index contributed by atoms with van der Waals surface area (Å²) in [5.41, 5.74) is 0. The van der Waals surface area contributed by atoms with Crippen LogP contribution in [0.2, 0.25) is 0 Å². The van der Waals surface area contributed by atoms with Crippen molar-refractivity contribution in [3.8, 4) is 0 Å². The molecule has 2 unspecified atom stereocenters. The SMILES string of the molecule is C=CCC(C)NC1CSC1(C)C. The molecule has 0 amide bonds. The Bertz CT molecular complexity index is 165. The van der Waals surface area contributed by atoms with Gasteiger partial charge in [-0.15, -0.1) is 6.58 Å². The Hall–Kier alpha value is 0.0500. The van der Waals surface area contributed by atoms with E-state index in [9.17, 15) is 0 Å². The largest absolute Gasteiger partial charge is 0.309 e. The zero-order valence-electron chi connectivity index (χ0n) is 8.26. The van der Waals surface area contributed by atoms with Crippen LogP contribution in [0.25, 0.3) is 0 Å². The molecule has 1 aliphatic heterocycles. The maximum atomic E-state index is 3.74. The molecule has 1 fully saturated rings. The second-order valence-corrected chi connectivity index (χ2v) is 5.73. The molecular weight excluding hydrogens is 166 g/mol. The molecule has 0 bridgehead atoms. The van der Waals surface area contributed by atoms with Gasteiger partial charge in [0.15, 0.2) is 0 Å². The van der Waals surface area contributed by atoms with E-state index < -0.39 is 0 Å². The van der Waals surface area contributed by atoms with Gasteiger partial charge in [-0.05, 0) is 27.2 Å². The molecular formula is C10H19NS. The average molecular weight is 185 g/mol. The third-order valence-corrected chi connectivity index (χ3v) is 4.00. The van der Waals surface area contributed by atoms with Gasteiger partial charge in [0.05, 0.1) is 0 Å². The van der Waals surface area contributed by atoms with Gasteiger partial charge in [0.2, 0.25) is 0 Å². The van der Waals surface area contributed by atoms with Crippen LogP contribution in [0.1, 0.15) is 27.2 Å². The standard InChI is InChI=1S/C10H19NS/c1-5-6-8(2)11-9-7-12-10(9,3)4/h5,8-9,11H,1,6-7H2,2-4H3. The monoisotopic (exact) mass is 185 g/mol. The first-order valence-electron chi connectivity index (χ1n) is 4.57. The van der Waals surface area contributed by atoms with E-state index >= 15 is 0 Å². The molecule has 2 atom stereocenters. The summed E-state index contributed by atoms with van der Waals surface area (Å²) in [6.07, 6.45) is 3.05. The van der Waals surface area contributed by atoms with Crippen LogP contribution in [0.3, 0.4) is 0 Å². The second kappa shape index (κ2) is 3.84. The van der Waals surface area contributed by atoms with Crippen LogP contribution in [0, 0.1) is 0 Å². The Morgan fingerprint density at radius 3 is 2.75 bits per heavy atom. The Morgan fingerprint density at radius 2 is 2.42 bits per heavy atom. The maximum Gasteiger partial charge on any atom is 0.0302 e. The number of thioether (sulfide) groups is 1. The van der Waals surface area contributed by atoms with Gasteiger partial charge >= 0.3 is 0 Å². The molecule has 2 heteroatoms. The van der Waals surface area contributed by atoms with Crippen molar-refractivity contribution >= 4 is 11.8 Å². The fraction of sp³-hybridized carbons (Fsp3) is 0.800. The van der Waals surface area contributed by atoms with Crippen molar-refractivity contribution in [3.05, 3.63) is 12.7 Å². The van der Waals surface area contributed by atoms with Gasteiger partial charge in [0.25, 0.3) is 0 Å². The van der Waals surface area contributed by atoms with Gasteiger partial charge in [-0.2, -0.15) is 11.8 Å². The smallest absolute Gasteiger partial charge is 0.0302 e. The van der Waals surface area contributed by atoms with Crippen molar-refractivity contribution in [1.29, 1.82) is 0 Å². The van der Waals surface area contributed by atoms with E-state index in [1.165, 1.54) is 5.75 Å². The van der Waals surface area contributed by atoms with Crippen LogP contribution in [-0.4, -0.2) is 22.6 Å². The third-order valence-electron chi connectivity index (χ3n) is 2.47. The van der Waals surface area contributed by atoms with Crippen LogP contribution in [0.4, 0.5) is 0 Å². The molecule has 0 saturated carbocycles.